The summed E-state index contributed by atoms with van der Waals surface area (Å²) in [7, 11) is -0.752. The Morgan fingerprint density at radius 3 is 2.42 bits per heavy atom. The van der Waals surface area contributed by atoms with Crippen LogP contribution in [-0.4, -0.2) is 25.1 Å². The summed E-state index contributed by atoms with van der Waals surface area (Å²) in [6.45, 7) is 0. The van der Waals surface area contributed by atoms with Crippen LogP contribution in [0.25, 0.3) is 21.8 Å². The molecule has 33 heavy (non-hydrogen) atoms. The second-order valence-electron chi connectivity index (χ2n) is 7.91. The van der Waals surface area contributed by atoms with Gasteiger partial charge in [0.2, 0.25) is 0 Å². The summed E-state index contributed by atoms with van der Waals surface area (Å²) in [6.07, 6.45) is 4.03. The SMILES string of the molecule is COc1ccc(C(c2c[nH]c3ccccc23)c2cn(C)c3ccccc23)c(OS(N)(=O)=O)c1. The maximum Gasteiger partial charge on any atom is 0.380 e. The van der Waals surface area contributed by atoms with Crippen molar-refractivity contribution in [3.05, 3.63) is 95.8 Å². The van der Waals surface area contributed by atoms with Gasteiger partial charge in [0.05, 0.1) is 7.11 Å². The number of benzene rings is 3. The smallest absolute Gasteiger partial charge is 0.380 e. The fraction of sp³-hybridized carbons (Fsp3) is 0.120. The highest BCUT2D eigenvalue weighted by Crippen LogP contribution is 2.44. The van der Waals surface area contributed by atoms with Gasteiger partial charge in [-0.1, -0.05) is 42.5 Å². The predicted octanol–water partition coefficient (Wildman–Crippen LogP) is 4.43. The minimum atomic E-state index is -4.26. The highest BCUT2D eigenvalue weighted by atomic mass is 32.2. The minimum Gasteiger partial charge on any atom is -0.497 e. The Morgan fingerprint density at radius 1 is 0.939 bits per heavy atom. The second kappa shape index (κ2) is 7.99. The first-order valence-electron chi connectivity index (χ1n) is 10.4. The number of ether oxygens (including phenoxy) is 1. The Labute approximate surface area is 191 Å². The van der Waals surface area contributed by atoms with E-state index in [2.05, 4.69) is 27.9 Å². The molecular weight excluding hydrogens is 438 g/mol. The number of nitrogens with one attached hydrogen (secondary N) is 1. The van der Waals surface area contributed by atoms with Gasteiger partial charge in [-0.15, -0.1) is 0 Å². The van der Waals surface area contributed by atoms with E-state index in [-0.39, 0.29) is 11.7 Å². The molecule has 0 aliphatic carbocycles. The van der Waals surface area contributed by atoms with E-state index >= 15 is 0 Å². The van der Waals surface area contributed by atoms with Gasteiger partial charge in [0, 0.05) is 58.8 Å². The Bertz CT molecular complexity index is 1580. The number of methoxy groups -OCH3 is 1. The molecule has 0 saturated carbocycles. The molecule has 0 bridgehead atoms. The summed E-state index contributed by atoms with van der Waals surface area (Å²) in [4.78, 5) is 3.34. The highest BCUT2D eigenvalue weighted by Gasteiger charge is 2.28. The number of aromatic nitrogens is 2. The van der Waals surface area contributed by atoms with Gasteiger partial charge in [-0.05, 0) is 29.3 Å². The van der Waals surface area contributed by atoms with Crippen LogP contribution in [0, 0.1) is 0 Å². The maximum atomic E-state index is 11.9. The van der Waals surface area contributed by atoms with Gasteiger partial charge in [-0.3, -0.25) is 0 Å². The van der Waals surface area contributed by atoms with E-state index in [1.807, 2.05) is 55.7 Å². The van der Waals surface area contributed by atoms with Crippen molar-refractivity contribution in [2.45, 2.75) is 5.92 Å². The summed E-state index contributed by atoms with van der Waals surface area (Å²) in [5.41, 5.74) is 4.72. The molecule has 8 heteroatoms. The number of hydrogen-bond donors (Lipinski definition) is 2. The lowest BCUT2D eigenvalue weighted by molar-refractivity contribution is 0.411. The lowest BCUT2D eigenvalue weighted by atomic mass is 9.84. The van der Waals surface area contributed by atoms with E-state index in [0.717, 1.165) is 32.9 Å². The quantitative estimate of drug-likeness (QED) is 0.391. The molecule has 0 radical (unpaired) electrons. The van der Waals surface area contributed by atoms with Crippen LogP contribution in [0.5, 0.6) is 11.5 Å². The van der Waals surface area contributed by atoms with Crippen LogP contribution >= 0.6 is 0 Å². The standard InChI is InChI=1S/C25H23N3O4S/c1-28-15-21(18-8-4-6-10-23(18)28)25(20-14-27-22-9-5-3-7-17(20)22)19-12-11-16(31-2)13-24(19)32-33(26,29)30/h3-15,25,27H,1-2H3,(H2,26,29,30). The molecule has 5 rings (SSSR count). The van der Waals surface area contributed by atoms with Crippen molar-refractivity contribution in [3.8, 4) is 11.5 Å². The average molecular weight is 462 g/mol. The van der Waals surface area contributed by atoms with Crippen LogP contribution in [0.4, 0.5) is 0 Å². The number of rotatable bonds is 6. The number of hydrogen-bond acceptors (Lipinski definition) is 4. The Kier molecular flexibility index (Phi) is 5.11. The van der Waals surface area contributed by atoms with Gasteiger partial charge in [-0.2, -0.15) is 13.6 Å². The maximum absolute atomic E-state index is 11.9. The van der Waals surface area contributed by atoms with Gasteiger partial charge < -0.3 is 18.5 Å². The van der Waals surface area contributed by atoms with Crippen LogP contribution in [0.2, 0.25) is 0 Å². The van der Waals surface area contributed by atoms with E-state index < -0.39 is 10.3 Å². The molecule has 0 aliphatic rings. The van der Waals surface area contributed by atoms with Crippen molar-refractivity contribution in [2.24, 2.45) is 12.2 Å². The summed E-state index contributed by atoms with van der Waals surface area (Å²) in [6, 6.07) is 21.3. The summed E-state index contributed by atoms with van der Waals surface area (Å²) in [5, 5.41) is 7.37. The molecule has 2 heterocycles. The summed E-state index contributed by atoms with van der Waals surface area (Å²) in [5.74, 6) is 0.253. The molecule has 3 aromatic carbocycles. The molecule has 1 atom stereocenters. The van der Waals surface area contributed by atoms with E-state index in [1.54, 1.807) is 12.1 Å². The van der Waals surface area contributed by atoms with Gasteiger partial charge in [0.15, 0.2) is 5.75 Å². The number of fused-ring (bicyclic) bond motifs is 2. The monoisotopic (exact) mass is 461 g/mol. The minimum absolute atomic E-state index is 0.125. The third kappa shape index (κ3) is 3.83. The van der Waals surface area contributed by atoms with Gasteiger partial charge in [-0.25, -0.2) is 0 Å². The number of para-hydroxylation sites is 2. The molecular formula is C25H23N3O4S. The first kappa shape index (κ1) is 21.1. The third-order valence-electron chi connectivity index (χ3n) is 5.91. The molecule has 0 amide bonds. The first-order valence-corrected chi connectivity index (χ1v) is 11.8. The molecule has 168 valence electrons. The third-order valence-corrected chi connectivity index (χ3v) is 6.32. The number of nitrogens with two attached hydrogens (primary N) is 1. The van der Waals surface area contributed by atoms with Crippen molar-refractivity contribution in [1.29, 1.82) is 0 Å². The zero-order chi connectivity index (χ0) is 23.2. The van der Waals surface area contributed by atoms with Crippen molar-refractivity contribution >= 4 is 32.1 Å². The van der Waals surface area contributed by atoms with E-state index in [1.165, 1.54) is 7.11 Å². The molecule has 5 aromatic rings. The van der Waals surface area contributed by atoms with E-state index in [9.17, 15) is 8.42 Å². The lowest BCUT2D eigenvalue weighted by Crippen LogP contribution is -2.20. The number of H-pyrrole nitrogens is 1. The van der Waals surface area contributed by atoms with Crippen LogP contribution in [0.3, 0.4) is 0 Å². The highest BCUT2D eigenvalue weighted by molar-refractivity contribution is 7.84. The average Bonchev–Trinajstić information content (AvgIpc) is 3.36. The molecule has 7 nitrogen and oxygen atoms in total. The fourth-order valence-electron chi connectivity index (χ4n) is 4.52. The number of nitrogens with zero attached hydrogens (tertiary/aromatic N) is 1. The Hall–Kier alpha value is -3.75. The lowest BCUT2D eigenvalue weighted by Gasteiger charge is -2.21. The van der Waals surface area contributed by atoms with Crippen LogP contribution in [0.15, 0.2) is 79.1 Å². The number of aryl methyl sites for hydroxylation is 1. The van der Waals surface area contributed by atoms with E-state index in [0.29, 0.717) is 11.3 Å². The normalized spacial score (nSPS) is 12.8. The first-order chi connectivity index (χ1) is 15.9. The second-order valence-corrected chi connectivity index (χ2v) is 9.07. The van der Waals surface area contributed by atoms with Crippen LogP contribution in [-0.2, 0) is 17.4 Å². The molecule has 3 N–H and O–H groups in total. The summed E-state index contributed by atoms with van der Waals surface area (Å²) >= 11 is 0. The van der Waals surface area contributed by atoms with Crippen molar-refractivity contribution in [1.82, 2.24) is 9.55 Å². The van der Waals surface area contributed by atoms with E-state index in [4.69, 9.17) is 14.1 Å². The topological polar surface area (TPSA) is 99.3 Å². The molecule has 1 unspecified atom stereocenters. The molecule has 0 aliphatic heterocycles. The number of aromatic amines is 1. The molecule has 0 spiro atoms. The van der Waals surface area contributed by atoms with Crippen LogP contribution < -0.4 is 14.1 Å². The van der Waals surface area contributed by atoms with Gasteiger partial charge in [0.1, 0.15) is 5.75 Å². The van der Waals surface area contributed by atoms with Gasteiger partial charge in [0.25, 0.3) is 0 Å². The van der Waals surface area contributed by atoms with Gasteiger partial charge >= 0.3 is 10.3 Å². The van der Waals surface area contributed by atoms with Crippen molar-refractivity contribution in [2.75, 3.05) is 7.11 Å². The zero-order valence-corrected chi connectivity index (χ0v) is 19.0. The largest absolute Gasteiger partial charge is 0.497 e. The zero-order valence-electron chi connectivity index (χ0n) is 18.1. The molecule has 0 saturated heterocycles. The van der Waals surface area contributed by atoms with Crippen molar-refractivity contribution in [3.63, 3.8) is 0 Å². The Morgan fingerprint density at radius 2 is 1.67 bits per heavy atom. The predicted molar refractivity (Wildman–Crippen MR) is 129 cm³/mol. The summed E-state index contributed by atoms with van der Waals surface area (Å²) < 4.78 is 36.5. The van der Waals surface area contributed by atoms with Crippen LogP contribution in [0.1, 0.15) is 22.6 Å². The van der Waals surface area contributed by atoms with Crippen molar-refractivity contribution < 1.29 is 17.3 Å². The molecule has 2 aromatic heterocycles. The molecule has 0 fully saturated rings. The Balaban J connectivity index is 1.84. The fourth-order valence-corrected chi connectivity index (χ4v) is 4.91.